The molecule has 0 radical (unpaired) electrons. The van der Waals surface area contributed by atoms with Crippen molar-refractivity contribution in [3.05, 3.63) is 36.3 Å². The predicted octanol–water partition coefficient (Wildman–Crippen LogP) is 2.12. The van der Waals surface area contributed by atoms with E-state index in [9.17, 15) is 14.7 Å². The lowest BCUT2D eigenvalue weighted by Gasteiger charge is -2.58. The highest BCUT2D eigenvalue weighted by Crippen LogP contribution is 2.51. The number of hydrogen-bond acceptors (Lipinski definition) is 6. The monoisotopic (exact) mass is 359 g/mol. The number of pyridine rings is 1. The fourth-order valence-corrected chi connectivity index (χ4v) is 3.32. The molecule has 1 saturated carbocycles. The van der Waals surface area contributed by atoms with Crippen LogP contribution in [0, 0.1) is 5.41 Å². The largest absolute Gasteiger partial charge is 0.479 e. The molecular weight excluding hydrogens is 338 g/mol. The number of amides is 1. The first kappa shape index (κ1) is 18.1. The van der Waals surface area contributed by atoms with Crippen molar-refractivity contribution in [2.45, 2.75) is 38.8 Å². The molecule has 0 aromatic carbocycles. The Labute approximate surface area is 150 Å². The Balaban J connectivity index is 1.80. The minimum atomic E-state index is -1.42. The highest BCUT2D eigenvalue weighted by Gasteiger charge is 2.66. The average molecular weight is 359 g/mol. The molecule has 1 aliphatic rings. The summed E-state index contributed by atoms with van der Waals surface area (Å²) in [4.78, 5) is 28.5. The molecule has 0 bridgehead atoms. The maximum Gasteiger partial charge on any atom is 0.330 e. The molecule has 2 unspecified atom stereocenters. The Morgan fingerprint density at radius 1 is 1.46 bits per heavy atom. The third kappa shape index (κ3) is 2.76. The van der Waals surface area contributed by atoms with Crippen LogP contribution in [0.1, 0.15) is 37.7 Å². The van der Waals surface area contributed by atoms with E-state index in [-0.39, 0.29) is 18.2 Å². The summed E-state index contributed by atoms with van der Waals surface area (Å²) in [5.74, 6) is -1.32. The van der Waals surface area contributed by atoms with Gasteiger partial charge in [0.2, 0.25) is 0 Å². The molecule has 0 aliphatic heterocycles. The lowest BCUT2D eigenvalue weighted by atomic mass is 9.54. The van der Waals surface area contributed by atoms with E-state index < -0.39 is 22.8 Å². The zero-order chi connectivity index (χ0) is 18.9. The van der Waals surface area contributed by atoms with E-state index in [0.717, 1.165) is 0 Å². The first-order valence-corrected chi connectivity index (χ1v) is 8.36. The second kappa shape index (κ2) is 6.53. The summed E-state index contributed by atoms with van der Waals surface area (Å²) in [7, 11) is 0. The predicted molar refractivity (Wildman–Crippen MR) is 91.4 cm³/mol. The van der Waals surface area contributed by atoms with Crippen molar-refractivity contribution in [3.63, 3.8) is 0 Å². The molecule has 1 aliphatic carbocycles. The number of carboxylic acid groups (broad SMARTS) is 1. The summed E-state index contributed by atoms with van der Waals surface area (Å²) >= 11 is 0. The van der Waals surface area contributed by atoms with Crippen LogP contribution in [0.3, 0.4) is 0 Å². The molecule has 2 atom stereocenters. The number of aliphatic carboxylic acids is 1. The second-order valence-corrected chi connectivity index (χ2v) is 6.85. The quantitative estimate of drug-likeness (QED) is 0.812. The first-order valence-electron chi connectivity index (χ1n) is 8.36. The standard InChI is InChI=1S/C18H21N3O5/c1-4-25-14-9-18(16(23)24,17(14,2)3)20-15(22)12-8-13(26-21-12)11-6-5-7-19-10-11/h5-8,10,14H,4,9H2,1-3H3,(H,20,22)(H,23,24). The van der Waals surface area contributed by atoms with Gasteiger partial charge in [-0.1, -0.05) is 19.0 Å². The number of aromatic nitrogens is 2. The average Bonchev–Trinajstić information content (AvgIpc) is 3.11. The molecule has 2 heterocycles. The SMILES string of the molecule is CCOC1CC(NC(=O)c2cc(-c3cccnc3)on2)(C(=O)O)C1(C)C. The molecule has 1 amide bonds. The molecule has 2 aromatic heterocycles. The van der Waals surface area contributed by atoms with Gasteiger partial charge in [-0.05, 0) is 19.1 Å². The number of hydrogen-bond donors (Lipinski definition) is 2. The summed E-state index contributed by atoms with van der Waals surface area (Å²) < 4.78 is 10.8. The first-order chi connectivity index (χ1) is 12.3. The van der Waals surface area contributed by atoms with Gasteiger partial charge in [-0.2, -0.15) is 0 Å². The summed E-state index contributed by atoms with van der Waals surface area (Å²) in [6, 6.07) is 4.98. The van der Waals surface area contributed by atoms with Gasteiger partial charge in [-0.15, -0.1) is 0 Å². The van der Waals surface area contributed by atoms with Crippen LogP contribution < -0.4 is 5.32 Å². The summed E-state index contributed by atoms with van der Waals surface area (Å²) in [5.41, 5.74) is -1.50. The molecule has 8 heteroatoms. The molecular formula is C18H21N3O5. The van der Waals surface area contributed by atoms with E-state index >= 15 is 0 Å². The Morgan fingerprint density at radius 2 is 2.23 bits per heavy atom. The topological polar surface area (TPSA) is 115 Å². The fraction of sp³-hybridized carbons (Fsp3) is 0.444. The normalized spacial score (nSPS) is 23.9. The van der Waals surface area contributed by atoms with Crippen molar-refractivity contribution in [1.82, 2.24) is 15.5 Å². The lowest BCUT2D eigenvalue weighted by Crippen LogP contribution is -2.76. The third-order valence-corrected chi connectivity index (χ3v) is 5.15. The summed E-state index contributed by atoms with van der Waals surface area (Å²) in [6.45, 7) is 5.88. The van der Waals surface area contributed by atoms with Gasteiger partial charge in [0.1, 0.15) is 5.54 Å². The van der Waals surface area contributed by atoms with Crippen molar-refractivity contribution >= 4 is 11.9 Å². The van der Waals surface area contributed by atoms with E-state index in [1.807, 2.05) is 6.92 Å². The summed E-state index contributed by atoms with van der Waals surface area (Å²) in [6.07, 6.45) is 3.16. The number of nitrogens with one attached hydrogen (secondary N) is 1. The number of carboxylic acids is 1. The molecule has 26 heavy (non-hydrogen) atoms. The van der Waals surface area contributed by atoms with Crippen LogP contribution in [-0.4, -0.2) is 45.4 Å². The van der Waals surface area contributed by atoms with E-state index in [4.69, 9.17) is 9.26 Å². The molecule has 2 N–H and O–H groups in total. The highest BCUT2D eigenvalue weighted by atomic mass is 16.5. The molecule has 2 aromatic rings. The van der Waals surface area contributed by atoms with Gasteiger partial charge in [0.15, 0.2) is 11.5 Å². The molecule has 138 valence electrons. The van der Waals surface area contributed by atoms with E-state index in [2.05, 4.69) is 15.5 Å². The van der Waals surface area contributed by atoms with E-state index in [0.29, 0.717) is 17.9 Å². The Morgan fingerprint density at radius 3 is 2.81 bits per heavy atom. The van der Waals surface area contributed by atoms with E-state index in [1.54, 1.807) is 38.4 Å². The van der Waals surface area contributed by atoms with Gasteiger partial charge in [0.05, 0.1) is 6.10 Å². The number of ether oxygens (including phenoxy) is 1. The van der Waals surface area contributed by atoms with Crippen molar-refractivity contribution in [2.24, 2.45) is 5.41 Å². The van der Waals surface area contributed by atoms with Crippen LogP contribution in [0.4, 0.5) is 0 Å². The van der Waals surface area contributed by atoms with Crippen LogP contribution in [0.2, 0.25) is 0 Å². The van der Waals surface area contributed by atoms with Gasteiger partial charge < -0.3 is 19.7 Å². The highest BCUT2D eigenvalue weighted by molar-refractivity contribution is 5.98. The van der Waals surface area contributed by atoms with Crippen molar-refractivity contribution in [3.8, 4) is 11.3 Å². The van der Waals surface area contributed by atoms with Gasteiger partial charge in [-0.25, -0.2) is 4.79 Å². The maximum atomic E-state index is 12.6. The Bertz CT molecular complexity index is 817. The van der Waals surface area contributed by atoms with Gasteiger partial charge >= 0.3 is 5.97 Å². The minimum Gasteiger partial charge on any atom is -0.479 e. The Kier molecular flexibility index (Phi) is 4.53. The second-order valence-electron chi connectivity index (χ2n) is 6.85. The smallest absolute Gasteiger partial charge is 0.330 e. The number of carbonyl (C=O) groups excluding carboxylic acids is 1. The van der Waals surface area contributed by atoms with E-state index in [1.165, 1.54) is 6.07 Å². The van der Waals surface area contributed by atoms with Crippen LogP contribution in [0.25, 0.3) is 11.3 Å². The molecule has 3 rings (SSSR count). The Hall–Kier alpha value is -2.74. The van der Waals surface area contributed by atoms with Crippen LogP contribution in [0.5, 0.6) is 0 Å². The van der Waals surface area contributed by atoms with Gasteiger partial charge in [0, 0.05) is 42.5 Å². The van der Waals surface area contributed by atoms with Crippen LogP contribution in [0.15, 0.2) is 35.1 Å². The summed E-state index contributed by atoms with van der Waals surface area (Å²) in [5, 5.41) is 16.2. The van der Waals surface area contributed by atoms with Crippen molar-refractivity contribution < 1.29 is 24.0 Å². The number of carbonyl (C=O) groups is 2. The zero-order valence-corrected chi connectivity index (χ0v) is 14.9. The minimum absolute atomic E-state index is 0.0140. The third-order valence-electron chi connectivity index (χ3n) is 5.15. The van der Waals surface area contributed by atoms with Gasteiger partial charge in [0.25, 0.3) is 5.91 Å². The van der Waals surface area contributed by atoms with Crippen LogP contribution >= 0.6 is 0 Å². The molecule has 0 spiro atoms. The lowest BCUT2D eigenvalue weighted by molar-refractivity contribution is -0.190. The number of rotatable bonds is 6. The molecule has 8 nitrogen and oxygen atoms in total. The van der Waals surface area contributed by atoms with Crippen LogP contribution in [-0.2, 0) is 9.53 Å². The van der Waals surface area contributed by atoms with Crippen molar-refractivity contribution in [1.29, 1.82) is 0 Å². The van der Waals surface area contributed by atoms with Crippen molar-refractivity contribution in [2.75, 3.05) is 6.61 Å². The zero-order valence-electron chi connectivity index (χ0n) is 14.9. The fourth-order valence-electron chi connectivity index (χ4n) is 3.32. The maximum absolute atomic E-state index is 12.6. The molecule has 1 fully saturated rings. The molecule has 0 saturated heterocycles. The van der Waals surface area contributed by atoms with Gasteiger partial charge in [-0.3, -0.25) is 9.78 Å². The number of nitrogens with zero attached hydrogens (tertiary/aromatic N) is 2.